The van der Waals surface area contributed by atoms with Crippen molar-refractivity contribution in [3.05, 3.63) is 60.4 Å². The van der Waals surface area contributed by atoms with E-state index >= 15 is 0 Å². The maximum absolute atomic E-state index is 12.4. The third kappa shape index (κ3) is 3.40. The Labute approximate surface area is 114 Å². The summed E-state index contributed by atoms with van der Waals surface area (Å²) in [6, 6.07) is 5.06. The monoisotopic (exact) mass is 281 g/mol. The predicted molar refractivity (Wildman–Crippen MR) is 71.2 cm³/mol. The highest BCUT2D eigenvalue weighted by Gasteiger charge is 2.29. The van der Waals surface area contributed by atoms with Crippen LogP contribution in [-0.4, -0.2) is 9.55 Å². The quantitative estimate of drug-likeness (QED) is 0.847. The van der Waals surface area contributed by atoms with Gasteiger partial charge in [-0.1, -0.05) is 18.2 Å². The Morgan fingerprint density at radius 3 is 2.55 bits per heavy atom. The van der Waals surface area contributed by atoms with Crippen LogP contribution in [0.1, 0.15) is 11.1 Å². The molecule has 0 aliphatic carbocycles. The summed E-state index contributed by atoms with van der Waals surface area (Å²) in [6.07, 6.45) is 0.895. The van der Waals surface area contributed by atoms with Crippen LogP contribution in [0.3, 0.4) is 0 Å². The van der Waals surface area contributed by atoms with E-state index in [9.17, 15) is 13.2 Å². The lowest BCUT2D eigenvalue weighted by Crippen LogP contribution is -2.08. The molecule has 106 valence electrons. The summed E-state index contributed by atoms with van der Waals surface area (Å²) < 4.78 is 39.1. The third-order valence-corrected chi connectivity index (χ3v) is 2.77. The first kappa shape index (κ1) is 14.2. The van der Waals surface area contributed by atoms with Crippen LogP contribution in [0.25, 0.3) is 0 Å². The number of benzene rings is 1. The van der Waals surface area contributed by atoms with Gasteiger partial charge in [-0.2, -0.15) is 13.2 Å². The summed E-state index contributed by atoms with van der Waals surface area (Å²) in [5, 5.41) is 3.08. The number of imidazole rings is 1. The molecular formula is C14H14F3N3. The second-order valence-electron chi connectivity index (χ2n) is 4.24. The fraction of sp³-hybridized carbons (Fsp3) is 0.214. The van der Waals surface area contributed by atoms with E-state index in [2.05, 4.69) is 16.9 Å². The van der Waals surface area contributed by atoms with Gasteiger partial charge < -0.3 is 9.88 Å². The minimum atomic E-state index is -4.30. The molecule has 0 saturated carbocycles. The Kier molecular flexibility index (Phi) is 4.12. The van der Waals surface area contributed by atoms with Crippen molar-refractivity contribution in [1.82, 2.24) is 9.55 Å². The van der Waals surface area contributed by atoms with Crippen molar-refractivity contribution in [1.29, 1.82) is 0 Å². The van der Waals surface area contributed by atoms with Crippen LogP contribution in [0, 0.1) is 0 Å². The van der Waals surface area contributed by atoms with Crippen molar-refractivity contribution >= 4 is 5.95 Å². The topological polar surface area (TPSA) is 29.9 Å². The molecule has 1 aromatic carbocycles. The molecule has 0 unspecified atom stereocenters. The van der Waals surface area contributed by atoms with E-state index in [1.807, 2.05) is 4.57 Å². The van der Waals surface area contributed by atoms with Gasteiger partial charge in [0.05, 0.1) is 5.56 Å². The maximum Gasteiger partial charge on any atom is 0.416 e. The van der Waals surface area contributed by atoms with Crippen molar-refractivity contribution in [3.8, 4) is 0 Å². The van der Waals surface area contributed by atoms with Gasteiger partial charge >= 0.3 is 6.18 Å². The molecule has 0 radical (unpaired) electrons. The lowest BCUT2D eigenvalue weighted by Gasteiger charge is -2.10. The van der Waals surface area contributed by atoms with Crippen molar-refractivity contribution in [2.24, 2.45) is 0 Å². The van der Waals surface area contributed by atoms with Gasteiger partial charge in [0.15, 0.2) is 0 Å². The summed E-state index contributed by atoms with van der Waals surface area (Å²) in [5.41, 5.74) is 0.112. The molecule has 1 aromatic heterocycles. The van der Waals surface area contributed by atoms with E-state index in [4.69, 9.17) is 0 Å². The highest BCUT2D eigenvalue weighted by atomic mass is 19.4. The Balaban J connectivity index is 2.00. The molecule has 0 aliphatic heterocycles. The molecule has 0 bridgehead atoms. The fourth-order valence-corrected chi connectivity index (χ4v) is 1.76. The Bertz CT molecular complexity index is 570. The summed E-state index contributed by atoms with van der Waals surface area (Å²) in [6.45, 7) is 4.67. The smallest absolute Gasteiger partial charge is 0.352 e. The van der Waals surface area contributed by atoms with Gasteiger partial charge in [0, 0.05) is 25.5 Å². The van der Waals surface area contributed by atoms with Gasteiger partial charge in [-0.15, -0.1) is 6.58 Å². The largest absolute Gasteiger partial charge is 0.416 e. The minimum Gasteiger partial charge on any atom is -0.352 e. The molecule has 20 heavy (non-hydrogen) atoms. The number of hydrogen-bond acceptors (Lipinski definition) is 2. The van der Waals surface area contributed by atoms with E-state index in [-0.39, 0.29) is 0 Å². The van der Waals surface area contributed by atoms with Gasteiger partial charge in [-0.05, 0) is 17.7 Å². The average Bonchev–Trinajstić information content (AvgIpc) is 2.84. The first-order chi connectivity index (χ1) is 9.50. The number of allylic oxidation sites excluding steroid dienone is 1. The Morgan fingerprint density at radius 2 is 1.95 bits per heavy atom. The van der Waals surface area contributed by atoms with E-state index in [1.165, 1.54) is 12.1 Å². The average molecular weight is 281 g/mol. The summed E-state index contributed by atoms with van der Waals surface area (Å²) in [4.78, 5) is 4.13. The molecule has 3 nitrogen and oxygen atoms in total. The lowest BCUT2D eigenvalue weighted by molar-refractivity contribution is -0.137. The number of anilines is 1. The number of rotatable bonds is 5. The van der Waals surface area contributed by atoms with Crippen LogP contribution >= 0.6 is 0 Å². The molecule has 0 amide bonds. The molecule has 0 fully saturated rings. The first-order valence-electron chi connectivity index (χ1n) is 6.03. The summed E-state index contributed by atoms with van der Waals surface area (Å²) in [5.74, 6) is 0.657. The van der Waals surface area contributed by atoms with Gasteiger partial charge in [0.25, 0.3) is 0 Å². The molecule has 0 aliphatic rings. The van der Waals surface area contributed by atoms with Crippen molar-refractivity contribution in [3.63, 3.8) is 0 Å². The number of halogens is 3. The van der Waals surface area contributed by atoms with Gasteiger partial charge in [-0.3, -0.25) is 0 Å². The zero-order chi connectivity index (χ0) is 14.6. The van der Waals surface area contributed by atoms with Gasteiger partial charge in [0.1, 0.15) is 0 Å². The zero-order valence-corrected chi connectivity index (χ0v) is 10.7. The maximum atomic E-state index is 12.4. The minimum absolute atomic E-state index is 0.409. The molecule has 0 spiro atoms. The van der Waals surface area contributed by atoms with Crippen LogP contribution in [-0.2, 0) is 19.3 Å². The zero-order valence-electron chi connectivity index (χ0n) is 10.7. The molecule has 0 saturated heterocycles. The predicted octanol–water partition coefficient (Wildman–Crippen LogP) is 3.70. The van der Waals surface area contributed by atoms with Crippen LogP contribution in [0.15, 0.2) is 49.3 Å². The standard InChI is InChI=1S/C14H14F3N3/c1-2-8-20-9-7-18-13(20)19-10-11-3-5-12(6-4-11)14(15,16)17/h2-7,9H,1,8,10H2,(H,18,19). The van der Waals surface area contributed by atoms with Crippen LogP contribution in [0.4, 0.5) is 19.1 Å². The number of nitrogens with one attached hydrogen (secondary N) is 1. The van der Waals surface area contributed by atoms with Crippen molar-refractivity contribution < 1.29 is 13.2 Å². The van der Waals surface area contributed by atoms with Crippen LogP contribution in [0.2, 0.25) is 0 Å². The van der Waals surface area contributed by atoms with Gasteiger partial charge in [-0.25, -0.2) is 4.98 Å². The lowest BCUT2D eigenvalue weighted by atomic mass is 10.1. The number of nitrogens with zero attached hydrogens (tertiary/aromatic N) is 2. The second kappa shape index (κ2) is 5.81. The molecule has 0 atom stereocenters. The van der Waals surface area contributed by atoms with E-state index < -0.39 is 11.7 Å². The fourth-order valence-electron chi connectivity index (χ4n) is 1.76. The third-order valence-electron chi connectivity index (χ3n) is 2.77. The normalized spacial score (nSPS) is 11.3. The van der Waals surface area contributed by atoms with Crippen LogP contribution in [0.5, 0.6) is 0 Å². The van der Waals surface area contributed by atoms with E-state index in [1.54, 1.807) is 18.5 Å². The second-order valence-corrected chi connectivity index (χ2v) is 4.24. The summed E-state index contributed by atoms with van der Waals surface area (Å²) in [7, 11) is 0. The summed E-state index contributed by atoms with van der Waals surface area (Å²) >= 11 is 0. The Hall–Kier alpha value is -2.24. The van der Waals surface area contributed by atoms with Crippen molar-refractivity contribution in [2.75, 3.05) is 5.32 Å². The van der Waals surface area contributed by atoms with Gasteiger partial charge in [0.2, 0.25) is 5.95 Å². The van der Waals surface area contributed by atoms with Crippen LogP contribution < -0.4 is 5.32 Å². The number of hydrogen-bond donors (Lipinski definition) is 1. The number of aromatic nitrogens is 2. The highest BCUT2D eigenvalue weighted by molar-refractivity contribution is 5.31. The number of alkyl halides is 3. The molecular weight excluding hydrogens is 267 g/mol. The molecule has 6 heteroatoms. The molecule has 2 rings (SSSR count). The van der Waals surface area contributed by atoms with E-state index in [0.717, 1.165) is 17.7 Å². The highest BCUT2D eigenvalue weighted by Crippen LogP contribution is 2.29. The first-order valence-corrected chi connectivity index (χ1v) is 6.03. The molecule has 2 aromatic rings. The van der Waals surface area contributed by atoms with E-state index in [0.29, 0.717) is 19.0 Å². The molecule has 1 heterocycles. The SMILES string of the molecule is C=CCn1ccnc1NCc1ccc(C(F)(F)F)cc1. The van der Waals surface area contributed by atoms with Crippen molar-refractivity contribution in [2.45, 2.75) is 19.3 Å². The molecule has 1 N–H and O–H groups in total. The Morgan fingerprint density at radius 1 is 1.25 bits per heavy atom.